The zero-order valence-corrected chi connectivity index (χ0v) is 9.52. The summed E-state index contributed by atoms with van der Waals surface area (Å²) >= 11 is 0. The fourth-order valence-electron chi connectivity index (χ4n) is 1.34. The molecule has 5 nitrogen and oxygen atoms in total. The largest absolute Gasteiger partial charge is 0.385 e. The van der Waals surface area contributed by atoms with Gasteiger partial charge in [0.25, 0.3) is 0 Å². The summed E-state index contributed by atoms with van der Waals surface area (Å²) in [5.74, 6) is 0. The van der Waals surface area contributed by atoms with Gasteiger partial charge in [0.05, 0.1) is 6.20 Å². The van der Waals surface area contributed by atoms with E-state index in [1.165, 1.54) is 0 Å². The summed E-state index contributed by atoms with van der Waals surface area (Å²) in [5, 5.41) is 11.1. The van der Waals surface area contributed by atoms with Gasteiger partial charge in [-0.05, 0) is 26.3 Å². The second-order valence-corrected chi connectivity index (χ2v) is 3.66. The van der Waals surface area contributed by atoms with Gasteiger partial charge in [0.2, 0.25) is 0 Å². The minimum absolute atomic E-state index is 0.515. The molecule has 1 N–H and O–H groups in total. The number of methoxy groups -OCH3 is 1. The molecule has 0 saturated carbocycles. The van der Waals surface area contributed by atoms with Crippen LogP contribution in [0.3, 0.4) is 0 Å². The van der Waals surface area contributed by atoms with Gasteiger partial charge in [0.15, 0.2) is 0 Å². The normalized spacial score (nSPS) is 12.9. The van der Waals surface area contributed by atoms with Gasteiger partial charge in [-0.3, -0.25) is 4.68 Å². The molecule has 15 heavy (non-hydrogen) atoms. The second kappa shape index (κ2) is 7.36. The molecule has 0 bridgehead atoms. The van der Waals surface area contributed by atoms with Crippen molar-refractivity contribution < 1.29 is 4.74 Å². The summed E-state index contributed by atoms with van der Waals surface area (Å²) in [5.41, 5.74) is 0. The van der Waals surface area contributed by atoms with Crippen molar-refractivity contribution in [3.05, 3.63) is 12.4 Å². The smallest absolute Gasteiger partial charge is 0.0692 e. The highest BCUT2D eigenvalue weighted by Gasteiger charge is 1.99. The molecule has 0 fully saturated rings. The van der Waals surface area contributed by atoms with E-state index in [1.54, 1.807) is 13.3 Å². The minimum atomic E-state index is 0.515. The van der Waals surface area contributed by atoms with Crippen LogP contribution < -0.4 is 5.32 Å². The first-order valence-electron chi connectivity index (χ1n) is 5.39. The zero-order valence-electron chi connectivity index (χ0n) is 9.52. The summed E-state index contributed by atoms with van der Waals surface area (Å²) in [4.78, 5) is 0. The number of aryl methyl sites for hydroxylation is 1. The van der Waals surface area contributed by atoms with Gasteiger partial charge in [0, 0.05) is 32.5 Å². The van der Waals surface area contributed by atoms with Crippen molar-refractivity contribution in [2.45, 2.75) is 32.4 Å². The molecule has 0 radical (unpaired) electrons. The Morgan fingerprint density at radius 3 is 3.07 bits per heavy atom. The molecule has 1 aromatic rings. The lowest BCUT2D eigenvalue weighted by molar-refractivity contribution is 0.185. The number of ether oxygens (including phenoxy) is 1. The van der Waals surface area contributed by atoms with Crippen LogP contribution in [0.25, 0.3) is 0 Å². The molecule has 0 amide bonds. The van der Waals surface area contributed by atoms with Gasteiger partial charge < -0.3 is 10.1 Å². The Kier molecular flexibility index (Phi) is 5.96. The summed E-state index contributed by atoms with van der Waals surface area (Å²) in [6.07, 6.45) is 5.71. The summed E-state index contributed by atoms with van der Waals surface area (Å²) < 4.78 is 6.86. The number of hydrogen-bond donors (Lipinski definition) is 1. The molecule has 1 rings (SSSR count). The van der Waals surface area contributed by atoms with Crippen LogP contribution in [0, 0.1) is 0 Å². The fraction of sp³-hybridized carbons (Fsp3) is 0.800. The lowest BCUT2D eigenvalue weighted by atomic mass is 10.2. The number of aromatic nitrogens is 3. The Morgan fingerprint density at radius 2 is 2.40 bits per heavy atom. The van der Waals surface area contributed by atoms with E-state index in [-0.39, 0.29) is 0 Å². The molecule has 1 atom stereocenters. The first kappa shape index (κ1) is 12.1. The molecule has 1 heterocycles. The van der Waals surface area contributed by atoms with Crippen molar-refractivity contribution in [1.82, 2.24) is 20.3 Å². The van der Waals surface area contributed by atoms with Crippen molar-refractivity contribution in [3.63, 3.8) is 0 Å². The van der Waals surface area contributed by atoms with Gasteiger partial charge in [-0.2, -0.15) is 0 Å². The van der Waals surface area contributed by atoms with E-state index in [1.807, 2.05) is 10.9 Å². The Bertz CT molecular complexity index is 238. The van der Waals surface area contributed by atoms with Crippen LogP contribution in [-0.2, 0) is 11.3 Å². The highest BCUT2D eigenvalue weighted by molar-refractivity contribution is 4.65. The summed E-state index contributed by atoms with van der Waals surface area (Å²) in [7, 11) is 1.73. The molecular formula is C10H20N4O. The van der Waals surface area contributed by atoms with Gasteiger partial charge in [0.1, 0.15) is 0 Å². The Morgan fingerprint density at radius 1 is 1.53 bits per heavy atom. The maximum atomic E-state index is 5.02. The predicted molar refractivity (Wildman–Crippen MR) is 58.6 cm³/mol. The third-order valence-electron chi connectivity index (χ3n) is 2.28. The molecule has 0 aliphatic carbocycles. The molecule has 5 heteroatoms. The van der Waals surface area contributed by atoms with Crippen LogP contribution in [0.15, 0.2) is 12.4 Å². The predicted octanol–water partition coefficient (Wildman–Crippen LogP) is 0.683. The van der Waals surface area contributed by atoms with Crippen LogP contribution in [0.5, 0.6) is 0 Å². The molecule has 86 valence electrons. The lowest BCUT2D eigenvalue weighted by Gasteiger charge is -2.12. The Balaban J connectivity index is 1.97. The van der Waals surface area contributed by atoms with Crippen molar-refractivity contribution in [2.24, 2.45) is 0 Å². The van der Waals surface area contributed by atoms with Crippen molar-refractivity contribution >= 4 is 0 Å². The number of nitrogens with zero attached hydrogens (tertiary/aromatic N) is 3. The van der Waals surface area contributed by atoms with Crippen LogP contribution >= 0.6 is 0 Å². The van der Waals surface area contributed by atoms with Crippen molar-refractivity contribution in [3.8, 4) is 0 Å². The number of hydrogen-bond acceptors (Lipinski definition) is 4. The molecule has 1 aromatic heterocycles. The average molecular weight is 212 g/mol. The molecule has 0 spiro atoms. The Labute approximate surface area is 90.8 Å². The summed E-state index contributed by atoms with van der Waals surface area (Å²) in [6.45, 7) is 4.92. The van der Waals surface area contributed by atoms with Gasteiger partial charge >= 0.3 is 0 Å². The van der Waals surface area contributed by atoms with Crippen LogP contribution in [0.2, 0.25) is 0 Å². The fourth-order valence-corrected chi connectivity index (χ4v) is 1.34. The van der Waals surface area contributed by atoms with Gasteiger partial charge in [-0.1, -0.05) is 5.21 Å². The molecule has 0 aromatic carbocycles. The van der Waals surface area contributed by atoms with Crippen LogP contribution in [0.4, 0.5) is 0 Å². The maximum absolute atomic E-state index is 5.02. The maximum Gasteiger partial charge on any atom is 0.0692 e. The SMILES string of the molecule is COCCC(C)NCCCn1ccnn1. The second-order valence-electron chi connectivity index (χ2n) is 3.66. The van der Waals surface area contributed by atoms with Gasteiger partial charge in [-0.15, -0.1) is 5.10 Å². The third-order valence-corrected chi connectivity index (χ3v) is 2.28. The highest BCUT2D eigenvalue weighted by atomic mass is 16.5. The van der Waals surface area contributed by atoms with Crippen LogP contribution in [0.1, 0.15) is 19.8 Å². The standard InChI is InChI=1S/C10H20N4O/c1-10(4-9-15-2)11-5-3-7-14-8-6-12-13-14/h6,8,10-11H,3-5,7,9H2,1-2H3. The van der Waals surface area contributed by atoms with Crippen molar-refractivity contribution in [1.29, 1.82) is 0 Å². The van der Waals surface area contributed by atoms with E-state index < -0.39 is 0 Å². The highest BCUT2D eigenvalue weighted by Crippen LogP contribution is 1.92. The van der Waals surface area contributed by atoms with Gasteiger partial charge in [-0.25, -0.2) is 0 Å². The van der Waals surface area contributed by atoms with E-state index in [0.29, 0.717) is 6.04 Å². The number of rotatable bonds is 8. The quantitative estimate of drug-likeness (QED) is 0.644. The molecular weight excluding hydrogens is 192 g/mol. The monoisotopic (exact) mass is 212 g/mol. The zero-order chi connectivity index (χ0) is 10.9. The van der Waals surface area contributed by atoms with E-state index in [4.69, 9.17) is 4.74 Å². The molecule has 1 unspecified atom stereocenters. The minimum Gasteiger partial charge on any atom is -0.385 e. The first-order chi connectivity index (χ1) is 7.33. The van der Waals surface area contributed by atoms with Crippen LogP contribution in [-0.4, -0.2) is 41.3 Å². The molecule has 0 aliphatic rings. The Hall–Kier alpha value is -0.940. The van der Waals surface area contributed by atoms with E-state index in [0.717, 1.165) is 32.5 Å². The first-order valence-corrected chi connectivity index (χ1v) is 5.39. The van der Waals surface area contributed by atoms with E-state index >= 15 is 0 Å². The average Bonchev–Trinajstić information content (AvgIpc) is 2.74. The number of nitrogens with one attached hydrogen (secondary N) is 1. The van der Waals surface area contributed by atoms with E-state index in [9.17, 15) is 0 Å². The molecule has 0 saturated heterocycles. The molecule has 0 aliphatic heterocycles. The lowest BCUT2D eigenvalue weighted by Crippen LogP contribution is -2.28. The third kappa shape index (κ3) is 5.49. The topological polar surface area (TPSA) is 52.0 Å². The van der Waals surface area contributed by atoms with Crippen molar-refractivity contribution in [2.75, 3.05) is 20.3 Å². The van der Waals surface area contributed by atoms with E-state index in [2.05, 4.69) is 22.6 Å². The summed E-state index contributed by atoms with van der Waals surface area (Å²) in [6, 6.07) is 0.515.